The van der Waals surface area contributed by atoms with E-state index in [1.807, 2.05) is 6.08 Å². The van der Waals surface area contributed by atoms with Crippen molar-refractivity contribution in [3.05, 3.63) is 29.9 Å². The summed E-state index contributed by atoms with van der Waals surface area (Å²) in [5.74, 6) is 0.637. The Morgan fingerprint density at radius 1 is 1.71 bits per heavy atom. The Kier molecular flexibility index (Phi) is 3.91. The van der Waals surface area contributed by atoms with Crippen molar-refractivity contribution in [3.8, 4) is 0 Å². The number of H-pyrrole nitrogens is 1. The van der Waals surface area contributed by atoms with Crippen molar-refractivity contribution in [3.63, 3.8) is 0 Å². The number of carbonyl (C=O) groups excluding carboxylic acids is 1. The Bertz CT molecular complexity index is 314. The molecule has 0 atom stereocenters. The number of allylic oxidation sites excluding steroid dienone is 1. The van der Waals surface area contributed by atoms with Crippen LogP contribution in [0.4, 0.5) is 0 Å². The molecule has 1 amide bonds. The highest BCUT2D eigenvalue weighted by Gasteiger charge is 1.96. The maximum absolute atomic E-state index is 10.7. The largest absolute Gasteiger partial charge is 0.366 e. The Balaban J connectivity index is 2.23. The highest BCUT2D eigenvalue weighted by Crippen LogP contribution is 2.02. The highest BCUT2D eigenvalue weighted by atomic mass is 16.1. The van der Waals surface area contributed by atoms with Crippen molar-refractivity contribution >= 4 is 5.91 Å². The Morgan fingerprint density at radius 3 is 3.07 bits per heavy atom. The molecule has 0 spiro atoms. The van der Waals surface area contributed by atoms with Crippen LogP contribution in [0.15, 0.2) is 24.0 Å². The van der Waals surface area contributed by atoms with E-state index in [0.717, 1.165) is 25.1 Å². The topological polar surface area (TPSA) is 71.8 Å². The number of nitrogens with zero attached hydrogens (tertiary/aromatic N) is 1. The maximum Gasteiger partial charge on any atom is 0.244 e. The third-order valence-corrected chi connectivity index (χ3v) is 2.01. The van der Waals surface area contributed by atoms with Gasteiger partial charge in [-0.2, -0.15) is 0 Å². The molecule has 0 fully saturated rings. The van der Waals surface area contributed by atoms with E-state index in [1.165, 1.54) is 0 Å². The van der Waals surface area contributed by atoms with Gasteiger partial charge in [-0.25, -0.2) is 4.98 Å². The van der Waals surface area contributed by atoms with E-state index in [9.17, 15) is 4.79 Å². The van der Waals surface area contributed by atoms with Crippen molar-refractivity contribution in [2.24, 2.45) is 5.73 Å². The monoisotopic (exact) mass is 193 g/mol. The molecule has 14 heavy (non-hydrogen) atoms. The van der Waals surface area contributed by atoms with Crippen molar-refractivity contribution in [2.45, 2.75) is 26.2 Å². The minimum absolute atomic E-state index is 0.344. The van der Waals surface area contributed by atoms with E-state index < -0.39 is 0 Å². The van der Waals surface area contributed by atoms with Gasteiger partial charge in [0.2, 0.25) is 5.91 Å². The first-order valence-corrected chi connectivity index (χ1v) is 4.65. The molecule has 1 aromatic rings. The number of rotatable bonds is 5. The summed E-state index contributed by atoms with van der Waals surface area (Å²) >= 11 is 0. The van der Waals surface area contributed by atoms with Crippen LogP contribution in [0, 0.1) is 0 Å². The first kappa shape index (κ1) is 10.5. The normalized spacial score (nSPS) is 11.6. The molecule has 0 aliphatic heterocycles. The average molecular weight is 193 g/mol. The Labute approximate surface area is 83.2 Å². The van der Waals surface area contributed by atoms with Gasteiger partial charge >= 0.3 is 0 Å². The molecule has 0 aliphatic rings. The molecule has 76 valence electrons. The number of hydrogen-bond donors (Lipinski definition) is 2. The number of aromatic nitrogens is 2. The number of primary amides is 1. The van der Waals surface area contributed by atoms with Crippen LogP contribution in [0.2, 0.25) is 0 Å². The molecule has 0 aromatic carbocycles. The molecule has 0 saturated heterocycles. The molecule has 3 N–H and O–H groups in total. The molecule has 0 bridgehead atoms. The van der Waals surface area contributed by atoms with Gasteiger partial charge in [0.1, 0.15) is 5.82 Å². The SMILES string of the molecule is CC(=CCCCc1ncc[nH]1)C(N)=O. The van der Waals surface area contributed by atoms with E-state index in [1.54, 1.807) is 19.3 Å². The lowest BCUT2D eigenvalue weighted by Crippen LogP contribution is -2.11. The smallest absolute Gasteiger partial charge is 0.244 e. The highest BCUT2D eigenvalue weighted by molar-refractivity contribution is 5.91. The van der Waals surface area contributed by atoms with Gasteiger partial charge in [0.05, 0.1) is 0 Å². The number of carbonyl (C=O) groups is 1. The molecular weight excluding hydrogens is 178 g/mol. The molecule has 1 rings (SSSR count). The van der Waals surface area contributed by atoms with Gasteiger partial charge in [0.15, 0.2) is 0 Å². The molecule has 4 nitrogen and oxygen atoms in total. The van der Waals surface area contributed by atoms with Gasteiger partial charge in [-0.3, -0.25) is 4.79 Å². The van der Waals surface area contributed by atoms with Crippen LogP contribution in [0.5, 0.6) is 0 Å². The number of aromatic amines is 1. The third-order valence-electron chi connectivity index (χ3n) is 2.01. The Hall–Kier alpha value is -1.58. The van der Waals surface area contributed by atoms with Gasteiger partial charge < -0.3 is 10.7 Å². The quantitative estimate of drug-likeness (QED) is 0.544. The standard InChI is InChI=1S/C10H15N3O/c1-8(10(11)14)4-2-3-5-9-12-6-7-13-9/h4,6-7H,2-3,5H2,1H3,(H2,11,14)(H,12,13). The zero-order valence-electron chi connectivity index (χ0n) is 8.29. The number of unbranched alkanes of at least 4 members (excludes halogenated alkanes) is 1. The molecule has 0 saturated carbocycles. The summed E-state index contributed by atoms with van der Waals surface area (Å²) in [5.41, 5.74) is 5.72. The second-order valence-electron chi connectivity index (χ2n) is 3.18. The zero-order chi connectivity index (χ0) is 10.4. The number of nitrogens with two attached hydrogens (primary N) is 1. The minimum atomic E-state index is -0.344. The fraction of sp³-hybridized carbons (Fsp3) is 0.400. The number of imidazole rings is 1. The van der Waals surface area contributed by atoms with Crippen molar-refractivity contribution < 1.29 is 4.79 Å². The lowest BCUT2D eigenvalue weighted by atomic mass is 10.1. The first-order valence-electron chi connectivity index (χ1n) is 4.65. The predicted octanol–water partition coefficient (Wildman–Crippen LogP) is 1.16. The fourth-order valence-corrected chi connectivity index (χ4v) is 1.12. The second kappa shape index (κ2) is 5.21. The van der Waals surface area contributed by atoms with Gasteiger partial charge in [-0.05, 0) is 19.8 Å². The van der Waals surface area contributed by atoms with E-state index >= 15 is 0 Å². The van der Waals surface area contributed by atoms with Gasteiger partial charge in [-0.1, -0.05) is 6.08 Å². The first-order chi connectivity index (χ1) is 6.70. The molecule has 0 aliphatic carbocycles. The van der Waals surface area contributed by atoms with E-state index in [2.05, 4.69) is 9.97 Å². The number of aryl methyl sites for hydroxylation is 1. The van der Waals surface area contributed by atoms with E-state index in [4.69, 9.17) is 5.73 Å². The maximum atomic E-state index is 10.7. The lowest BCUT2D eigenvalue weighted by molar-refractivity contribution is -0.114. The average Bonchev–Trinajstić information content (AvgIpc) is 2.64. The van der Waals surface area contributed by atoms with Crippen LogP contribution in [-0.4, -0.2) is 15.9 Å². The molecule has 1 aromatic heterocycles. The van der Waals surface area contributed by atoms with Crippen LogP contribution >= 0.6 is 0 Å². The summed E-state index contributed by atoms with van der Waals surface area (Å²) in [5, 5.41) is 0. The van der Waals surface area contributed by atoms with Crippen LogP contribution in [-0.2, 0) is 11.2 Å². The van der Waals surface area contributed by atoms with Crippen LogP contribution < -0.4 is 5.73 Å². The van der Waals surface area contributed by atoms with Crippen molar-refractivity contribution in [1.29, 1.82) is 0 Å². The molecular formula is C10H15N3O. The van der Waals surface area contributed by atoms with Crippen molar-refractivity contribution in [2.75, 3.05) is 0 Å². The fourth-order valence-electron chi connectivity index (χ4n) is 1.12. The van der Waals surface area contributed by atoms with Gasteiger partial charge in [0.25, 0.3) is 0 Å². The van der Waals surface area contributed by atoms with E-state index in [0.29, 0.717) is 5.57 Å². The molecule has 0 radical (unpaired) electrons. The van der Waals surface area contributed by atoms with Gasteiger partial charge in [-0.15, -0.1) is 0 Å². The minimum Gasteiger partial charge on any atom is -0.366 e. The third kappa shape index (κ3) is 3.43. The van der Waals surface area contributed by atoms with Crippen LogP contribution in [0.1, 0.15) is 25.6 Å². The van der Waals surface area contributed by atoms with Crippen molar-refractivity contribution in [1.82, 2.24) is 9.97 Å². The number of hydrogen-bond acceptors (Lipinski definition) is 2. The summed E-state index contributed by atoms with van der Waals surface area (Å²) in [6.07, 6.45) is 8.13. The van der Waals surface area contributed by atoms with Crippen LogP contribution in [0.3, 0.4) is 0 Å². The summed E-state index contributed by atoms with van der Waals surface area (Å²) in [4.78, 5) is 17.8. The zero-order valence-corrected chi connectivity index (χ0v) is 8.29. The molecule has 0 unspecified atom stereocenters. The summed E-state index contributed by atoms with van der Waals surface area (Å²) in [6, 6.07) is 0. The molecule has 1 heterocycles. The number of amides is 1. The molecule has 4 heteroatoms. The summed E-state index contributed by atoms with van der Waals surface area (Å²) in [6.45, 7) is 1.73. The Morgan fingerprint density at radius 2 is 2.50 bits per heavy atom. The van der Waals surface area contributed by atoms with Gasteiger partial charge in [0, 0.05) is 24.4 Å². The second-order valence-corrected chi connectivity index (χ2v) is 3.18. The summed E-state index contributed by atoms with van der Waals surface area (Å²) in [7, 11) is 0. The lowest BCUT2D eigenvalue weighted by Gasteiger charge is -1.95. The van der Waals surface area contributed by atoms with E-state index in [-0.39, 0.29) is 5.91 Å². The predicted molar refractivity (Wildman–Crippen MR) is 54.5 cm³/mol. The van der Waals surface area contributed by atoms with Crippen LogP contribution in [0.25, 0.3) is 0 Å². The summed E-state index contributed by atoms with van der Waals surface area (Å²) < 4.78 is 0. The number of nitrogens with one attached hydrogen (secondary N) is 1.